The van der Waals surface area contributed by atoms with E-state index < -0.39 is 17.3 Å². The number of nitrogens with one attached hydrogen (secondary N) is 1. The minimum absolute atomic E-state index is 0.136. The Morgan fingerprint density at radius 3 is 1.66 bits per heavy atom. The first-order valence-corrected chi connectivity index (χ1v) is 13.4. The van der Waals surface area contributed by atoms with Crippen LogP contribution in [0.15, 0.2) is 30.3 Å². The lowest BCUT2D eigenvalue weighted by molar-refractivity contribution is -0.157. The van der Waals surface area contributed by atoms with Gasteiger partial charge in [0.15, 0.2) is 0 Å². The van der Waals surface area contributed by atoms with Crippen LogP contribution in [0, 0.1) is 0 Å². The third-order valence-electron chi connectivity index (χ3n) is 5.59. The Morgan fingerprint density at radius 1 is 0.737 bits per heavy atom. The van der Waals surface area contributed by atoms with Gasteiger partial charge in [-0.3, -0.25) is 19.4 Å². The number of benzene rings is 1. The highest BCUT2D eigenvalue weighted by Gasteiger charge is 2.24. The summed E-state index contributed by atoms with van der Waals surface area (Å²) in [6.07, 6.45) is -0.432. The molecule has 10 heteroatoms. The molecule has 0 aromatic heterocycles. The molecule has 0 aliphatic carbocycles. The molecule has 0 spiro atoms. The Morgan fingerprint density at radius 2 is 1.21 bits per heavy atom. The van der Waals surface area contributed by atoms with Crippen molar-refractivity contribution in [3.63, 3.8) is 0 Å². The second-order valence-corrected chi connectivity index (χ2v) is 11.5. The van der Waals surface area contributed by atoms with Crippen molar-refractivity contribution in [2.75, 3.05) is 65.4 Å². The largest absolute Gasteiger partial charge is 0.459 e. The lowest BCUT2D eigenvalue weighted by atomic mass is 10.2. The molecule has 0 unspecified atom stereocenters. The van der Waals surface area contributed by atoms with Gasteiger partial charge in [-0.05, 0) is 47.1 Å². The minimum Gasteiger partial charge on any atom is -0.459 e. The van der Waals surface area contributed by atoms with Gasteiger partial charge in [-0.15, -0.1) is 0 Å². The topological polar surface area (TPSA) is 101 Å². The summed E-state index contributed by atoms with van der Waals surface area (Å²) < 4.78 is 16.6. The number of rotatable bonds is 6. The van der Waals surface area contributed by atoms with Crippen molar-refractivity contribution in [1.82, 2.24) is 20.0 Å². The molecule has 2 rings (SSSR count). The van der Waals surface area contributed by atoms with Crippen molar-refractivity contribution < 1.29 is 28.6 Å². The zero-order chi connectivity index (χ0) is 28.2. The summed E-state index contributed by atoms with van der Waals surface area (Å²) in [5.41, 5.74) is -0.223. The zero-order valence-corrected chi connectivity index (χ0v) is 24.0. The van der Waals surface area contributed by atoms with E-state index in [9.17, 15) is 14.4 Å². The monoisotopic (exact) mass is 534 g/mol. The minimum atomic E-state index is -0.563. The van der Waals surface area contributed by atoms with E-state index >= 15 is 0 Å². The van der Waals surface area contributed by atoms with Gasteiger partial charge in [0, 0.05) is 52.4 Å². The molecule has 214 valence electrons. The third kappa shape index (κ3) is 13.7. The molecule has 1 aliphatic rings. The summed E-state index contributed by atoms with van der Waals surface area (Å²) in [7, 11) is 0. The number of hydrogen-bond donors (Lipinski definition) is 1. The fraction of sp³-hybridized carbons (Fsp3) is 0.679. The molecule has 10 nitrogen and oxygen atoms in total. The molecule has 1 heterocycles. The second kappa shape index (κ2) is 15.0. The molecule has 0 saturated carbocycles. The summed E-state index contributed by atoms with van der Waals surface area (Å²) >= 11 is 0. The number of esters is 2. The SMILES string of the molecule is CC(C)(C)OC(=O)CN1CCNCCN(CC(=O)OC(C)(C)C)CCN(C(=O)OCc2ccccc2)CC1. The number of nitrogens with zero attached hydrogens (tertiary/aromatic N) is 3. The molecule has 1 N–H and O–H groups in total. The van der Waals surface area contributed by atoms with Crippen LogP contribution < -0.4 is 5.32 Å². The van der Waals surface area contributed by atoms with Crippen LogP contribution in [0.25, 0.3) is 0 Å². The maximum Gasteiger partial charge on any atom is 0.410 e. The average molecular weight is 535 g/mol. The first kappa shape index (κ1) is 31.5. The van der Waals surface area contributed by atoms with Gasteiger partial charge >= 0.3 is 18.0 Å². The first-order chi connectivity index (χ1) is 17.8. The first-order valence-electron chi connectivity index (χ1n) is 13.4. The number of carbonyl (C=O) groups is 3. The summed E-state index contributed by atoms with van der Waals surface area (Å²) in [5.74, 6) is -0.599. The quantitative estimate of drug-likeness (QED) is 0.436. The van der Waals surface area contributed by atoms with Gasteiger partial charge in [0.05, 0.1) is 13.1 Å². The van der Waals surface area contributed by atoms with Crippen LogP contribution in [-0.2, 0) is 30.4 Å². The van der Waals surface area contributed by atoms with Crippen molar-refractivity contribution in [2.24, 2.45) is 0 Å². The highest BCUT2D eigenvalue weighted by molar-refractivity contribution is 5.72. The Balaban J connectivity index is 2.08. The van der Waals surface area contributed by atoms with E-state index in [1.165, 1.54) is 0 Å². The molecule has 0 bridgehead atoms. The Kier molecular flexibility index (Phi) is 12.5. The van der Waals surface area contributed by atoms with Gasteiger partial charge < -0.3 is 24.4 Å². The van der Waals surface area contributed by atoms with Gasteiger partial charge in [0.25, 0.3) is 0 Å². The highest BCUT2D eigenvalue weighted by Crippen LogP contribution is 2.10. The zero-order valence-electron chi connectivity index (χ0n) is 24.0. The molecule has 1 amide bonds. The van der Waals surface area contributed by atoms with Crippen LogP contribution >= 0.6 is 0 Å². The third-order valence-corrected chi connectivity index (χ3v) is 5.59. The molecule has 1 aromatic carbocycles. The summed E-state index contributed by atoms with van der Waals surface area (Å²) in [6, 6.07) is 9.52. The van der Waals surface area contributed by atoms with Crippen molar-refractivity contribution in [2.45, 2.75) is 59.4 Å². The summed E-state index contributed by atoms with van der Waals surface area (Å²) in [5, 5.41) is 3.39. The van der Waals surface area contributed by atoms with Gasteiger partial charge in [-0.1, -0.05) is 30.3 Å². The number of carbonyl (C=O) groups excluding carboxylic acids is 3. The maximum atomic E-state index is 13.1. The molecule has 1 aromatic rings. The fourth-order valence-corrected chi connectivity index (χ4v) is 3.88. The van der Waals surface area contributed by atoms with Crippen molar-refractivity contribution in [3.05, 3.63) is 35.9 Å². The van der Waals surface area contributed by atoms with E-state index in [-0.39, 0.29) is 31.6 Å². The molecule has 38 heavy (non-hydrogen) atoms. The van der Waals surface area contributed by atoms with E-state index in [0.717, 1.165) is 5.56 Å². The smallest absolute Gasteiger partial charge is 0.410 e. The van der Waals surface area contributed by atoms with Gasteiger partial charge in [0.2, 0.25) is 0 Å². The molecular weight excluding hydrogens is 488 g/mol. The lowest BCUT2D eigenvalue weighted by Crippen LogP contribution is -2.48. The predicted molar refractivity (Wildman–Crippen MR) is 146 cm³/mol. The predicted octanol–water partition coefficient (Wildman–Crippen LogP) is 2.52. The van der Waals surface area contributed by atoms with E-state index in [1.807, 2.05) is 81.7 Å². The van der Waals surface area contributed by atoms with Gasteiger partial charge in [-0.2, -0.15) is 0 Å². The molecule has 0 atom stereocenters. The fourth-order valence-electron chi connectivity index (χ4n) is 3.88. The molecule has 1 fully saturated rings. The van der Waals surface area contributed by atoms with Gasteiger partial charge in [0.1, 0.15) is 17.8 Å². The second-order valence-electron chi connectivity index (χ2n) is 11.5. The van der Waals surface area contributed by atoms with Crippen LogP contribution in [0.4, 0.5) is 4.79 Å². The molecule has 1 aliphatic heterocycles. The summed E-state index contributed by atoms with van der Waals surface area (Å²) in [6.45, 7) is 15.7. The van der Waals surface area contributed by atoms with E-state index in [1.54, 1.807) is 4.90 Å². The number of amides is 1. The maximum absolute atomic E-state index is 13.1. The number of hydrogen-bond acceptors (Lipinski definition) is 9. The van der Waals surface area contributed by atoms with E-state index in [4.69, 9.17) is 14.2 Å². The lowest BCUT2D eigenvalue weighted by Gasteiger charge is -2.31. The number of ether oxygens (including phenoxy) is 3. The highest BCUT2D eigenvalue weighted by atomic mass is 16.6. The molecule has 1 saturated heterocycles. The van der Waals surface area contributed by atoms with Crippen LogP contribution in [0.5, 0.6) is 0 Å². The Bertz CT molecular complexity index is 838. The standard InChI is InChI=1S/C28H46N4O6/c1-27(2,3)37-24(33)20-30-14-12-29-13-15-31(21-25(34)38-28(4,5)6)17-19-32(18-16-30)26(35)36-22-23-10-8-7-9-11-23/h7-11,29H,12-22H2,1-6H3. The van der Waals surface area contributed by atoms with Gasteiger partial charge in [-0.25, -0.2) is 4.79 Å². The molecular formula is C28H46N4O6. The Hall–Kier alpha value is -2.69. The normalized spacial score (nSPS) is 17.2. The van der Waals surface area contributed by atoms with Crippen molar-refractivity contribution in [3.8, 4) is 0 Å². The van der Waals surface area contributed by atoms with Crippen molar-refractivity contribution in [1.29, 1.82) is 0 Å². The van der Waals surface area contributed by atoms with Crippen LogP contribution in [-0.4, -0.2) is 109 Å². The van der Waals surface area contributed by atoms with E-state index in [2.05, 4.69) is 5.32 Å². The average Bonchev–Trinajstić information content (AvgIpc) is 2.79. The molecule has 0 radical (unpaired) electrons. The van der Waals surface area contributed by atoms with Crippen molar-refractivity contribution >= 4 is 18.0 Å². The summed E-state index contributed by atoms with van der Waals surface area (Å²) in [4.78, 5) is 43.7. The van der Waals surface area contributed by atoms with Crippen LogP contribution in [0.3, 0.4) is 0 Å². The van der Waals surface area contributed by atoms with Crippen LogP contribution in [0.2, 0.25) is 0 Å². The Labute approximate surface area is 227 Å². The van der Waals surface area contributed by atoms with Crippen LogP contribution in [0.1, 0.15) is 47.1 Å². The van der Waals surface area contributed by atoms with E-state index in [0.29, 0.717) is 52.4 Å².